The van der Waals surface area contributed by atoms with Crippen LogP contribution in [0.25, 0.3) is 0 Å². The summed E-state index contributed by atoms with van der Waals surface area (Å²) in [6, 6.07) is 0. The van der Waals surface area contributed by atoms with Crippen molar-refractivity contribution < 1.29 is 22.5 Å². The summed E-state index contributed by atoms with van der Waals surface area (Å²) in [6.07, 6.45) is 0. The second-order valence-corrected chi connectivity index (χ2v) is 6.09. The Morgan fingerprint density at radius 1 is 1.35 bits per heavy atom. The van der Waals surface area contributed by atoms with Gasteiger partial charge >= 0.3 is 0 Å². The van der Waals surface area contributed by atoms with Gasteiger partial charge in [0.25, 0.3) is 16.6 Å². The van der Waals surface area contributed by atoms with Crippen molar-refractivity contribution in [2.45, 2.75) is 31.7 Å². The van der Waals surface area contributed by atoms with E-state index in [-0.39, 0.29) is 12.1 Å². The van der Waals surface area contributed by atoms with Crippen LogP contribution in [0, 0.1) is 0 Å². The van der Waals surface area contributed by atoms with E-state index in [1.807, 2.05) is 20.8 Å². The standard InChI is InChI=1S/C5H10O2.C4H10N2O3S/c1-5(2,3)7-4-6;7-10(8,9)4-3-5-1-2-6-4/h4H,1-3H3;4-6H,1-3H2,(H,7,8,9). The summed E-state index contributed by atoms with van der Waals surface area (Å²) >= 11 is 0. The molecule has 1 aliphatic rings. The first kappa shape index (κ1) is 16.3. The molecular weight excluding hydrogens is 248 g/mol. The first-order chi connectivity index (χ1) is 7.67. The lowest BCUT2D eigenvalue weighted by Gasteiger charge is -2.21. The van der Waals surface area contributed by atoms with Crippen LogP contribution in [0.5, 0.6) is 0 Å². The molecule has 0 aromatic carbocycles. The molecule has 0 radical (unpaired) electrons. The van der Waals surface area contributed by atoms with E-state index in [9.17, 15) is 13.2 Å². The minimum atomic E-state index is -3.90. The Kier molecular flexibility index (Phi) is 6.61. The highest BCUT2D eigenvalue weighted by atomic mass is 32.2. The molecule has 0 saturated carbocycles. The summed E-state index contributed by atoms with van der Waals surface area (Å²) in [5, 5.41) is 4.67. The first-order valence-corrected chi connectivity index (χ1v) is 6.69. The molecule has 3 N–H and O–H groups in total. The van der Waals surface area contributed by atoms with E-state index in [0.717, 1.165) is 6.54 Å². The van der Waals surface area contributed by atoms with Crippen LogP contribution in [-0.4, -0.2) is 50.1 Å². The van der Waals surface area contributed by atoms with Gasteiger partial charge in [-0.2, -0.15) is 8.42 Å². The van der Waals surface area contributed by atoms with Crippen LogP contribution in [0.3, 0.4) is 0 Å². The monoisotopic (exact) mass is 268 g/mol. The van der Waals surface area contributed by atoms with Gasteiger partial charge in [0.1, 0.15) is 11.0 Å². The highest BCUT2D eigenvalue weighted by molar-refractivity contribution is 7.86. The zero-order valence-electron chi connectivity index (χ0n) is 10.3. The van der Waals surface area contributed by atoms with Gasteiger partial charge in [0.05, 0.1) is 0 Å². The number of piperazine rings is 1. The maximum Gasteiger partial charge on any atom is 0.293 e. The fourth-order valence-electron chi connectivity index (χ4n) is 0.982. The van der Waals surface area contributed by atoms with Crippen molar-refractivity contribution in [1.29, 1.82) is 0 Å². The Morgan fingerprint density at radius 2 is 1.94 bits per heavy atom. The molecule has 1 rings (SSSR count). The van der Waals surface area contributed by atoms with Gasteiger partial charge in [0.2, 0.25) is 0 Å². The summed E-state index contributed by atoms with van der Waals surface area (Å²) in [7, 11) is -3.90. The quantitative estimate of drug-likeness (QED) is 0.451. The second-order valence-electron chi connectivity index (χ2n) is 4.49. The molecule has 1 saturated heterocycles. The van der Waals surface area contributed by atoms with Crippen molar-refractivity contribution in [3.05, 3.63) is 0 Å². The molecule has 0 aliphatic carbocycles. The maximum atomic E-state index is 10.4. The SMILES string of the molecule is CC(C)(C)OC=O.O=S(=O)(O)C1CNCCN1. The van der Waals surface area contributed by atoms with E-state index in [4.69, 9.17) is 4.55 Å². The topological polar surface area (TPSA) is 105 Å². The molecule has 1 heterocycles. The highest BCUT2D eigenvalue weighted by Crippen LogP contribution is 2.02. The first-order valence-electron chi connectivity index (χ1n) is 5.18. The summed E-state index contributed by atoms with van der Waals surface area (Å²) in [5.74, 6) is 0. The van der Waals surface area contributed by atoms with E-state index in [1.165, 1.54) is 0 Å². The third kappa shape index (κ3) is 9.04. The van der Waals surface area contributed by atoms with Crippen LogP contribution in [0.1, 0.15) is 20.8 Å². The lowest BCUT2D eigenvalue weighted by Crippen LogP contribution is -2.51. The van der Waals surface area contributed by atoms with Crippen molar-refractivity contribution in [2.75, 3.05) is 19.6 Å². The zero-order chi connectivity index (χ0) is 13.5. The van der Waals surface area contributed by atoms with Gasteiger partial charge in [0, 0.05) is 19.6 Å². The van der Waals surface area contributed by atoms with Gasteiger partial charge in [-0.1, -0.05) is 0 Å². The maximum absolute atomic E-state index is 10.4. The average Bonchev–Trinajstić information content (AvgIpc) is 2.17. The van der Waals surface area contributed by atoms with Crippen molar-refractivity contribution in [3.63, 3.8) is 0 Å². The molecule has 1 atom stereocenters. The van der Waals surface area contributed by atoms with Crippen LogP contribution in [0.4, 0.5) is 0 Å². The van der Waals surface area contributed by atoms with Crippen LogP contribution >= 0.6 is 0 Å². The number of ether oxygens (including phenoxy) is 1. The summed E-state index contributed by atoms with van der Waals surface area (Å²) in [6.45, 7) is 7.51. The fourth-order valence-corrected chi connectivity index (χ4v) is 1.64. The smallest absolute Gasteiger partial charge is 0.293 e. The molecular formula is C9H20N2O5S. The molecule has 1 unspecified atom stereocenters. The Bertz CT molecular complexity index is 317. The molecule has 0 amide bonds. The van der Waals surface area contributed by atoms with Crippen molar-refractivity contribution in [3.8, 4) is 0 Å². The normalized spacial score (nSPS) is 21.1. The molecule has 17 heavy (non-hydrogen) atoms. The van der Waals surface area contributed by atoms with E-state index >= 15 is 0 Å². The molecule has 7 nitrogen and oxygen atoms in total. The van der Waals surface area contributed by atoms with Gasteiger partial charge in [0.15, 0.2) is 0 Å². The lowest BCUT2D eigenvalue weighted by molar-refractivity contribution is -0.138. The minimum Gasteiger partial charge on any atom is -0.462 e. The van der Waals surface area contributed by atoms with E-state index in [1.54, 1.807) is 0 Å². The molecule has 0 aromatic heterocycles. The molecule has 0 aromatic rings. The Hall–Kier alpha value is -0.700. The Morgan fingerprint density at radius 3 is 2.12 bits per heavy atom. The predicted molar refractivity (Wildman–Crippen MR) is 63.1 cm³/mol. The number of hydrogen-bond acceptors (Lipinski definition) is 6. The van der Waals surface area contributed by atoms with Gasteiger partial charge in [-0.25, -0.2) is 0 Å². The van der Waals surface area contributed by atoms with Crippen LogP contribution in [0.2, 0.25) is 0 Å². The molecule has 8 heteroatoms. The summed E-state index contributed by atoms with van der Waals surface area (Å²) in [5.41, 5.74) is -0.318. The van der Waals surface area contributed by atoms with Crippen LogP contribution in [0.15, 0.2) is 0 Å². The lowest BCUT2D eigenvalue weighted by atomic mass is 10.2. The third-order valence-corrected chi connectivity index (χ3v) is 2.82. The van der Waals surface area contributed by atoms with Gasteiger partial charge in [-0.15, -0.1) is 0 Å². The van der Waals surface area contributed by atoms with E-state index in [0.29, 0.717) is 13.0 Å². The molecule has 1 fully saturated rings. The van der Waals surface area contributed by atoms with Crippen molar-refractivity contribution >= 4 is 16.6 Å². The fraction of sp³-hybridized carbons (Fsp3) is 0.889. The average molecular weight is 268 g/mol. The number of carbonyl (C=O) groups excluding carboxylic acids is 1. The summed E-state index contributed by atoms with van der Waals surface area (Å²) in [4.78, 5) is 9.60. The van der Waals surface area contributed by atoms with Gasteiger partial charge in [-0.05, 0) is 20.8 Å². The molecule has 0 bridgehead atoms. The number of hydrogen-bond donors (Lipinski definition) is 3. The number of rotatable bonds is 2. The van der Waals surface area contributed by atoms with Crippen molar-refractivity contribution in [1.82, 2.24) is 10.6 Å². The largest absolute Gasteiger partial charge is 0.462 e. The van der Waals surface area contributed by atoms with E-state index in [2.05, 4.69) is 15.4 Å². The number of carbonyl (C=O) groups is 1. The molecule has 102 valence electrons. The molecule has 1 aliphatic heterocycles. The Labute approximate surface area is 102 Å². The van der Waals surface area contributed by atoms with Crippen LogP contribution < -0.4 is 10.6 Å². The second kappa shape index (κ2) is 6.90. The van der Waals surface area contributed by atoms with Gasteiger partial charge in [-0.3, -0.25) is 14.7 Å². The predicted octanol–water partition coefficient (Wildman–Crippen LogP) is -0.649. The number of nitrogens with one attached hydrogen (secondary N) is 2. The Balaban J connectivity index is 0.000000325. The highest BCUT2D eigenvalue weighted by Gasteiger charge is 2.23. The zero-order valence-corrected chi connectivity index (χ0v) is 11.1. The minimum absolute atomic E-state index is 0.277. The van der Waals surface area contributed by atoms with E-state index < -0.39 is 15.5 Å². The van der Waals surface area contributed by atoms with Crippen LogP contribution in [-0.2, 0) is 19.6 Å². The van der Waals surface area contributed by atoms with Gasteiger partial charge < -0.3 is 10.1 Å². The third-order valence-electron chi connectivity index (χ3n) is 1.76. The van der Waals surface area contributed by atoms with Crippen molar-refractivity contribution in [2.24, 2.45) is 0 Å². The molecule has 0 spiro atoms. The summed E-state index contributed by atoms with van der Waals surface area (Å²) < 4.78 is 33.9.